The predicted molar refractivity (Wildman–Crippen MR) is 83.4 cm³/mol. The van der Waals surface area contributed by atoms with E-state index in [4.69, 9.17) is 4.74 Å². The maximum atomic E-state index is 11.9. The maximum Gasteiger partial charge on any atom is 0.341 e. The number of nitrogens with zero attached hydrogens (tertiary/aromatic N) is 1. The molecule has 4 nitrogen and oxygen atoms in total. The Morgan fingerprint density at radius 3 is 2.67 bits per heavy atom. The lowest BCUT2D eigenvalue weighted by Crippen LogP contribution is -2.14. The Labute approximate surface area is 125 Å². The second kappa shape index (κ2) is 6.88. The van der Waals surface area contributed by atoms with Crippen LogP contribution in [-0.4, -0.2) is 17.6 Å². The summed E-state index contributed by atoms with van der Waals surface area (Å²) in [4.78, 5) is 16.2. The number of hydrogen-bond acceptors (Lipinski definition) is 4. The van der Waals surface area contributed by atoms with Gasteiger partial charge in [-0.05, 0) is 38.5 Å². The topological polar surface area (TPSA) is 51.2 Å². The van der Waals surface area contributed by atoms with E-state index in [2.05, 4.69) is 41.5 Å². The molecular weight excluding hydrogens is 264 g/mol. The Bertz CT molecular complexity index is 608. The molecule has 0 saturated carbocycles. The predicted octanol–water partition coefficient (Wildman–Crippen LogP) is 3.74. The van der Waals surface area contributed by atoms with Crippen molar-refractivity contribution in [3.05, 3.63) is 59.3 Å². The number of benzene rings is 1. The molecule has 0 aliphatic heterocycles. The van der Waals surface area contributed by atoms with E-state index < -0.39 is 0 Å². The minimum atomic E-state index is -0.357. The van der Waals surface area contributed by atoms with Crippen molar-refractivity contribution in [3.8, 4) is 0 Å². The van der Waals surface area contributed by atoms with Crippen molar-refractivity contribution in [2.24, 2.45) is 0 Å². The Balaban J connectivity index is 2.19. The van der Waals surface area contributed by atoms with Crippen LogP contribution in [0, 0.1) is 6.92 Å². The fourth-order valence-corrected chi connectivity index (χ4v) is 2.04. The first kappa shape index (κ1) is 15.0. The summed E-state index contributed by atoms with van der Waals surface area (Å²) in [7, 11) is 0. The van der Waals surface area contributed by atoms with E-state index in [-0.39, 0.29) is 12.0 Å². The van der Waals surface area contributed by atoms with E-state index in [0.717, 1.165) is 5.56 Å². The Hall–Kier alpha value is -2.36. The van der Waals surface area contributed by atoms with Gasteiger partial charge in [0.25, 0.3) is 0 Å². The van der Waals surface area contributed by atoms with Gasteiger partial charge in [0.2, 0.25) is 0 Å². The molecule has 1 aromatic carbocycles. The molecule has 0 fully saturated rings. The number of rotatable bonds is 5. The first-order valence-corrected chi connectivity index (χ1v) is 7.07. The van der Waals surface area contributed by atoms with Crippen LogP contribution in [0.1, 0.15) is 41.4 Å². The maximum absolute atomic E-state index is 11.9. The summed E-state index contributed by atoms with van der Waals surface area (Å²) < 4.78 is 5.05. The van der Waals surface area contributed by atoms with Gasteiger partial charge >= 0.3 is 5.97 Å². The van der Waals surface area contributed by atoms with Crippen molar-refractivity contribution in [2.45, 2.75) is 26.8 Å². The van der Waals surface area contributed by atoms with E-state index in [9.17, 15) is 4.79 Å². The first-order chi connectivity index (χ1) is 10.1. The molecule has 1 atom stereocenters. The summed E-state index contributed by atoms with van der Waals surface area (Å²) in [5.41, 5.74) is 2.82. The molecule has 1 aromatic heterocycles. The van der Waals surface area contributed by atoms with Gasteiger partial charge < -0.3 is 10.1 Å². The number of nitrogens with one attached hydrogen (secondary N) is 1. The average Bonchev–Trinajstić information content (AvgIpc) is 2.48. The molecule has 1 unspecified atom stereocenters. The van der Waals surface area contributed by atoms with Crippen LogP contribution in [-0.2, 0) is 4.74 Å². The first-order valence-electron chi connectivity index (χ1n) is 7.07. The Morgan fingerprint density at radius 1 is 1.29 bits per heavy atom. The number of esters is 1. The minimum Gasteiger partial charge on any atom is -0.462 e. The highest BCUT2D eigenvalue weighted by Gasteiger charge is 2.15. The molecule has 1 N–H and O–H groups in total. The number of ether oxygens (including phenoxy) is 1. The second-order valence-corrected chi connectivity index (χ2v) is 4.90. The number of pyridine rings is 1. The zero-order valence-corrected chi connectivity index (χ0v) is 12.6. The largest absolute Gasteiger partial charge is 0.462 e. The Morgan fingerprint density at radius 2 is 2.00 bits per heavy atom. The third kappa shape index (κ3) is 3.81. The molecule has 0 aliphatic carbocycles. The van der Waals surface area contributed by atoms with Crippen molar-refractivity contribution < 1.29 is 9.53 Å². The summed E-state index contributed by atoms with van der Waals surface area (Å²) in [6, 6.07) is 11.8. The summed E-state index contributed by atoms with van der Waals surface area (Å²) >= 11 is 0. The summed E-state index contributed by atoms with van der Waals surface area (Å²) in [6.07, 6.45) is 1.66. The third-order valence-electron chi connectivity index (χ3n) is 3.23. The van der Waals surface area contributed by atoms with E-state index in [0.29, 0.717) is 18.0 Å². The van der Waals surface area contributed by atoms with E-state index in [1.165, 1.54) is 5.56 Å². The highest BCUT2D eigenvalue weighted by molar-refractivity contribution is 5.94. The zero-order chi connectivity index (χ0) is 15.2. The lowest BCUT2D eigenvalue weighted by atomic mass is 10.1. The van der Waals surface area contributed by atoms with Crippen LogP contribution in [0.15, 0.2) is 42.6 Å². The highest BCUT2D eigenvalue weighted by Crippen LogP contribution is 2.21. The molecule has 0 spiro atoms. The van der Waals surface area contributed by atoms with Crippen LogP contribution in [0.2, 0.25) is 0 Å². The molecule has 0 saturated heterocycles. The van der Waals surface area contributed by atoms with Gasteiger partial charge in [-0.25, -0.2) is 9.78 Å². The molecule has 1 heterocycles. The van der Waals surface area contributed by atoms with Gasteiger partial charge in [0.05, 0.1) is 6.61 Å². The smallest absolute Gasteiger partial charge is 0.341 e. The molecule has 0 aliphatic rings. The molecule has 4 heteroatoms. The van der Waals surface area contributed by atoms with Crippen molar-refractivity contribution in [1.82, 2.24) is 4.98 Å². The number of aromatic nitrogens is 1. The van der Waals surface area contributed by atoms with Crippen LogP contribution < -0.4 is 5.32 Å². The van der Waals surface area contributed by atoms with Crippen molar-refractivity contribution in [2.75, 3.05) is 11.9 Å². The average molecular weight is 284 g/mol. The monoisotopic (exact) mass is 284 g/mol. The number of anilines is 1. The molecular formula is C17H20N2O2. The molecule has 2 aromatic rings. The van der Waals surface area contributed by atoms with E-state index >= 15 is 0 Å². The second-order valence-electron chi connectivity index (χ2n) is 4.90. The quantitative estimate of drug-likeness (QED) is 0.850. The molecule has 110 valence electrons. The minimum absolute atomic E-state index is 0.0497. The van der Waals surface area contributed by atoms with Crippen LogP contribution in [0.25, 0.3) is 0 Å². The summed E-state index contributed by atoms with van der Waals surface area (Å²) in [5, 5.41) is 3.27. The molecule has 0 radical (unpaired) electrons. The van der Waals surface area contributed by atoms with Crippen LogP contribution in [0.4, 0.5) is 5.82 Å². The lowest BCUT2D eigenvalue weighted by Gasteiger charge is -2.17. The SMILES string of the molecule is CCOC(=O)c1cccnc1NC(C)c1ccc(C)cc1. The van der Waals surface area contributed by atoms with Gasteiger partial charge in [0, 0.05) is 12.2 Å². The standard InChI is InChI=1S/C17H20N2O2/c1-4-21-17(20)15-6-5-11-18-16(15)19-13(3)14-9-7-12(2)8-10-14/h5-11,13H,4H2,1-3H3,(H,18,19). The molecule has 0 bridgehead atoms. The van der Waals surface area contributed by atoms with E-state index in [1.54, 1.807) is 25.3 Å². The number of hydrogen-bond donors (Lipinski definition) is 1. The van der Waals surface area contributed by atoms with Crippen LogP contribution in [0.3, 0.4) is 0 Å². The fraction of sp³-hybridized carbons (Fsp3) is 0.294. The lowest BCUT2D eigenvalue weighted by molar-refractivity contribution is 0.0527. The molecule has 21 heavy (non-hydrogen) atoms. The van der Waals surface area contributed by atoms with Gasteiger partial charge in [0.15, 0.2) is 0 Å². The fourth-order valence-electron chi connectivity index (χ4n) is 2.04. The molecule has 2 rings (SSSR count). The van der Waals surface area contributed by atoms with Crippen molar-refractivity contribution in [1.29, 1.82) is 0 Å². The van der Waals surface area contributed by atoms with Gasteiger partial charge in [-0.15, -0.1) is 0 Å². The highest BCUT2D eigenvalue weighted by atomic mass is 16.5. The summed E-state index contributed by atoms with van der Waals surface area (Å²) in [5.74, 6) is 0.188. The number of carbonyl (C=O) groups is 1. The normalized spacial score (nSPS) is 11.8. The number of aryl methyl sites for hydroxylation is 1. The summed E-state index contributed by atoms with van der Waals surface area (Å²) in [6.45, 7) is 6.23. The Kier molecular flexibility index (Phi) is 4.93. The zero-order valence-electron chi connectivity index (χ0n) is 12.6. The van der Waals surface area contributed by atoms with E-state index in [1.807, 2.05) is 6.92 Å². The van der Waals surface area contributed by atoms with Gasteiger partial charge in [0.1, 0.15) is 11.4 Å². The number of carbonyl (C=O) groups excluding carboxylic acids is 1. The van der Waals surface area contributed by atoms with Crippen molar-refractivity contribution in [3.63, 3.8) is 0 Å². The third-order valence-corrected chi connectivity index (χ3v) is 3.23. The van der Waals surface area contributed by atoms with Gasteiger partial charge in [-0.3, -0.25) is 0 Å². The molecule has 0 amide bonds. The van der Waals surface area contributed by atoms with Crippen LogP contribution >= 0.6 is 0 Å². The van der Waals surface area contributed by atoms with Gasteiger partial charge in [-0.1, -0.05) is 29.8 Å². The van der Waals surface area contributed by atoms with Gasteiger partial charge in [-0.2, -0.15) is 0 Å². The van der Waals surface area contributed by atoms with Crippen molar-refractivity contribution >= 4 is 11.8 Å². The van der Waals surface area contributed by atoms with Crippen LogP contribution in [0.5, 0.6) is 0 Å².